The second-order valence-corrected chi connectivity index (χ2v) is 5.68. The van der Waals surface area contributed by atoms with E-state index in [4.69, 9.17) is 0 Å². The summed E-state index contributed by atoms with van der Waals surface area (Å²) in [5.41, 5.74) is -0.102. The lowest BCUT2D eigenvalue weighted by Crippen LogP contribution is -2.18. The van der Waals surface area contributed by atoms with E-state index in [1.807, 2.05) is 0 Å². The Morgan fingerprint density at radius 1 is 1.21 bits per heavy atom. The molecular formula is C13H15F2N3S. The number of rotatable bonds is 5. The van der Waals surface area contributed by atoms with Gasteiger partial charge in [-0.1, -0.05) is 31.3 Å². The molecule has 1 N–H and O–H groups in total. The van der Waals surface area contributed by atoms with Gasteiger partial charge in [0.1, 0.15) is 16.6 Å². The predicted molar refractivity (Wildman–Crippen MR) is 71.8 cm³/mol. The van der Waals surface area contributed by atoms with Crippen molar-refractivity contribution in [2.45, 2.75) is 20.4 Å². The fraction of sp³-hybridized carbons (Fsp3) is 0.385. The van der Waals surface area contributed by atoms with Gasteiger partial charge in [0.05, 0.1) is 5.56 Å². The highest BCUT2D eigenvalue weighted by molar-refractivity contribution is 7.14. The molecule has 0 unspecified atom stereocenters. The molecule has 0 amide bonds. The van der Waals surface area contributed by atoms with Crippen molar-refractivity contribution in [1.29, 1.82) is 0 Å². The largest absolute Gasteiger partial charge is 0.310 e. The maximum atomic E-state index is 13.6. The number of hydrogen-bond donors (Lipinski definition) is 1. The number of aromatic nitrogens is 2. The van der Waals surface area contributed by atoms with Crippen molar-refractivity contribution in [2.24, 2.45) is 5.92 Å². The molecule has 0 saturated carbocycles. The number of halogens is 2. The molecule has 0 saturated heterocycles. The van der Waals surface area contributed by atoms with Gasteiger partial charge in [-0.3, -0.25) is 0 Å². The van der Waals surface area contributed by atoms with Crippen molar-refractivity contribution in [1.82, 2.24) is 15.5 Å². The van der Waals surface area contributed by atoms with Crippen LogP contribution >= 0.6 is 11.3 Å². The van der Waals surface area contributed by atoms with Gasteiger partial charge in [-0.25, -0.2) is 8.78 Å². The Balaban J connectivity index is 2.12. The third-order valence-corrected chi connectivity index (χ3v) is 3.41. The van der Waals surface area contributed by atoms with Gasteiger partial charge in [-0.15, -0.1) is 10.2 Å². The van der Waals surface area contributed by atoms with E-state index in [2.05, 4.69) is 29.4 Å². The van der Waals surface area contributed by atoms with Crippen LogP contribution in [0, 0.1) is 17.6 Å². The summed E-state index contributed by atoms with van der Waals surface area (Å²) in [5, 5.41) is 12.0. The summed E-state index contributed by atoms with van der Waals surface area (Å²) >= 11 is 1.20. The van der Waals surface area contributed by atoms with Crippen LogP contribution in [0.25, 0.3) is 10.6 Å². The Kier molecular flexibility index (Phi) is 4.55. The first-order valence-electron chi connectivity index (χ1n) is 6.05. The van der Waals surface area contributed by atoms with Crippen molar-refractivity contribution in [2.75, 3.05) is 6.54 Å². The van der Waals surface area contributed by atoms with E-state index < -0.39 is 11.6 Å². The average Bonchev–Trinajstić information content (AvgIpc) is 2.77. The molecule has 1 aromatic heterocycles. The minimum atomic E-state index is -0.613. The van der Waals surface area contributed by atoms with Gasteiger partial charge in [0.2, 0.25) is 0 Å². The van der Waals surface area contributed by atoms with E-state index in [9.17, 15) is 8.78 Å². The Hall–Kier alpha value is -1.40. The molecule has 0 atom stereocenters. The molecule has 0 aliphatic carbocycles. The molecule has 0 bridgehead atoms. The minimum Gasteiger partial charge on any atom is -0.310 e. The maximum Gasteiger partial charge on any atom is 0.153 e. The molecule has 2 aromatic rings. The Morgan fingerprint density at radius 2 is 1.89 bits per heavy atom. The number of nitrogens with one attached hydrogen (secondary N) is 1. The van der Waals surface area contributed by atoms with Crippen molar-refractivity contribution >= 4 is 11.3 Å². The molecule has 0 radical (unpaired) electrons. The van der Waals surface area contributed by atoms with Gasteiger partial charge in [-0.05, 0) is 24.6 Å². The second-order valence-electron chi connectivity index (χ2n) is 4.62. The predicted octanol–water partition coefficient (Wildman–Crippen LogP) is 3.23. The Morgan fingerprint density at radius 3 is 2.53 bits per heavy atom. The van der Waals surface area contributed by atoms with E-state index in [0.29, 0.717) is 12.5 Å². The summed E-state index contributed by atoms with van der Waals surface area (Å²) in [6, 6.07) is 3.77. The number of nitrogens with zero attached hydrogens (tertiary/aromatic N) is 2. The van der Waals surface area contributed by atoms with Crippen LogP contribution < -0.4 is 5.32 Å². The lowest BCUT2D eigenvalue weighted by molar-refractivity contribution is 0.550. The van der Waals surface area contributed by atoms with Gasteiger partial charge >= 0.3 is 0 Å². The van der Waals surface area contributed by atoms with Crippen LogP contribution in [0.2, 0.25) is 0 Å². The smallest absolute Gasteiger partial charge is 0.153 e. The van der Waals surface area contributed by atoms with Crippen LogP contribution in [0.5, 0.6) is 0 Å². The Bertz CT molecular complexity index is 534. The van der Waals surface area contributed by atoms with E-state index in [0.717, 1.165) is 11.6 Å². The maximum absolute atomic E-state index is 13.6. The molecule has 0 fully saturated rings. The van der Waals surface area contributed by atoms with Crippen LogP contribution in [0.3, 0.4) is 0 Å². The van der Waals surface area contributed by atoms with Crippen molar-refractivity contribution < 1.29 is 8.78 Å². The summed E-state index contributed by atoms with van der Waals surface area (Å²) in [6.07, 6.45) is 0. The zero-order valence-electron chi connectivity index (χ0n) is 10.8. The first kappa shape index (κ1) is 14.0. The number of benzene rings is 1. The lowest BCUT2D eigenvalue weighted by atomic mass is 10.2. The standard InChI is InChI=1S/C13H15F2N3S/c1-8(2)6-16-7-11-17-18-13(19-11)12-9(14)4-3-5-10(12)15/h3-5,8,16H,6-7H2,1-2H3. The molecule has 0 aliphatic heterocycles. The van der Waals surface area contributed by atoms with Gasteiger partial charge < -0.3 is 5.32 Å². The molecule has 0 aliphatic rings. The van der Waals surface area contributed by atoms with Gasteiger partial charge in [-0.2, -0.15) is 0 Å². The highest BCUT2D eigenvalue weighted by Gasteiger charge is 2.15. The molecule has 102 valence electrons. The summed E-state index contributed by atoms with van der Waals surface area (Å²) in [5.74, 6) is -0.688. The molecular weight excluding hydrogens is 268 g/mol. The normalized spacial score (nSPS) is 11.2. The lowest BCUT2D eigenvalue weighted by Gasteiger charge is -2.04. The quantitative estimate of drug-likeness (QED) is 0.915. The summed E-state index contributed by atoms with van der Waals surface area (Å²) in [7, 11) is 0. The molecule has 19 heavy (non-hydrogen) atoms. The summed E-state index contributed by atoms with van der Waals surface area (Å²) in [4.78, 5) is 0. The third-order valence-electron chi connectivity index (χ3n) is 2.47. The zero-order valence-corrected chi connectivity index (χ0v) is 11.6. The van der Waals surface area contributed by atoms with E-state index in [-0.39, 0.29) is 10.6 Å². The molecule has 6 heteroatoms. The Labute approximate surface area is 114 Å². The van der Waals surface area contributed by atoms with Crippen LogP contribution in [0.15, 0.2) is 18.2 Å². The minimum absolute atomic E-state index is 0.102. The van der Waals surface area contributed by atoms with Crippen LogP contribution in [0.1, 0.15) is 18.9 Å². The van der Waals surface area contributed by atoms with E-state index in [1.165, 1.54) is 29.5 Å². The van der Waals surface area contributed by atoms with Gasteiger partial charge in [0, 0.05) is 6.54 Å². The number of hydrogen-bond acceptors (Lipinski definition) is 4. The highest BCUT2D eigenvalue weighted by atomic mass is 32.1. The molecule has 0 spiro atoms. The highest BCUT2D eigenvalue weighted by Crippen LogP contribution is 2.28. The van der Waals surface area contributed by atoms with Crippen LogP contribution in [-0.4, -0.2) is 16.7 Å². The summed E-state index contributed by atoms with van der Waals surface area (Å²) in [6.45, 7) is 5.63. The second kappa shape index (κ2) is 6.16. The molecule has 1 heterocycles. The van der Waals surface area contributed by atoms with Gasteiger partial charge in [0.25, 0.3) is 0 Å². The fourth-order valence-corrected chi connectivity index (χ4v) is 2.45. The molecule has 3 nitrogen and oxygen atoms in total. The van der Waals surface area contributed by atoms with E-state index in [1.54, 1.807) is 0 Å². The van der Waals surface area contributed by atoms with Crippen molar-refractivity contribution in [3.8, 4) is 10.6 Å². The molecule has 2 rings (SSSR count). The van der Waals surface area contributed by atoms with Gasteiger partial charge in [0.15, 0.2) is 5.01 Å². The first-order chi connectivity index (χ1) is 9.08. The average molecular weight is 283 g/mol. The van der Waals surface area contributed by atoms with Crippen molar-refractivity contribution in [3.63, 3.8) is 0 Å². The zero-order chi connectivity index (χ0) is 13.8. The molecule has 1 aromatic carbocycles. The SMILES string of the molecule is CC(C)CNCc1nnc(-c2c(F)cccc2F)s1. The first-order valence-corrected chi connectivity index (χ1v) is 6.87. The van der Waals surface area contributed by atoms with Crippen molar-refractivity contribution in [3.05, 3.63) is 34.8 Å². The van der Waals surface area contributed by atoms with E-state index >= 15 is 0 Å². The topological polar surface area (TPSA) is 37.8 Å². The summed E-state index contributed by atoms with van der Waals surface area (Å²) < 4.78 is 27.2. The van der Waals surface area contributed by atoms with Crippen LogP contribution in [-0.2, 0) is 6.54 Å². The third kappa shape index (κ3) is 3.54. The monoisotopic (exact) mass is 283 g/mol. The van der Waals surface area contributed by atoms with Crippen LogP contribution in [0.4, 0.5) is 8.78 Å². The fourth-order valence-electron chi connectivity index (χ4n) is 1.60.